The van der Waals surface area contributed by atoms with Gasteiger partial charge in [-0.15, -0.1) is 0 Å². The molecule has 0 unspecified atom stereocenters. The van der Waals surface area contributed by atoms with Gasteiger partial charge in [-0.25, -0.2) is 8.42 Å². The number of carboxylic acids is 1. The maximum absolute atomic E-state index is 12.1. The second kappa shape index (κ2) is 7.89. The smallest absolute Gasteiger partial charge is 0.303 e. The molecule has 8 nitrogen and oxygen atoms in total. The highest BCUT2D eigenvalue weighted by atomic mass is 32.2. The van der Waals surface area contributed by atoms with Crippen molar-refractivity contribution in [2.75, 3.05) is 23.5 Å². The maximum atomic E-state index is 12.1. The number of hydrogen-bond acceptors (Lipinski definition) is 6. The predicted molar refractivity (Wildman–Crippen MR) is 103 cm³/mol. The Morgan fingerprint density at radius 3 is 2.59 bits per heavy atom. The normalized spacial score (nSPS) is 24.8. The highest BCUT2D eigenvalue weighted by Crippen LogP contribution is 2.41. The number of carbonyl (C=O) groups excluding carboxylic acids is 1. The van der Waals surface area contributed by atoms with Gasteiger partial charge in [0.05, 0.1) is 24.7 Å². The number of fused-ring (bicyclic) bond motifs is 1. The SMILES string of the molecule is COc1ccc(N2C(=NC(=O)CCCC(=O)O)S[C@@H]3CS(=O)(=O)C[C@@H]32)cc1. The molecule has 3 rings (SSSR count). The predicted octanol–water partition coefficient (Wildman–Crippen LogP) is 1.55. The van der Waals surface area contributed by atoms with Gasteiger partial charge in [0.15, 0.2) is 15.0 Å². The zero-order valence-electron chi connectivity index (χ0n) is 14.7. The first-order valence-corrected chi connectivity index (χ1v) is 11.1. The summed E-state index contributed by atoms with van der Waals surface area (Å²) in [7, 11) is -1.57. The van der Waals surface area contributed by atoms with Crippen molar-refractivity contribution in [3.63, 3.8) is 0 Å². The Morgan fingerprint density at radius 1 is 1.26 bits per heavy atom. The van der Waals surface area contributed by atoms with Gasteiger partial charge in [-0.1, -0.05) is 11.8 Å². The fraction of sp³-hybridized carbons (Fsp3) is 0.471. The van der Waals surface area contributed by atoms with Gasteiger partial charge >= 0.3 is 5.97 Å². The average Bonchev–Trinajstić information content (AvgIpc) is 3.05. The van der Waals surface area contributed by atoms with Gasteiger partial charge < -0.3 is 14.7 Å². The van der Waals surface area contributed by atoms with Crippen LogP contribution in [0.3, 0.4) is 0 Å². The molecule has 1 N–H and O–H groups in total. The van der Waals surface area contributed by atoms with Gasteiger partial charge in [0.2, 0.25) is 5.91 Å². The topological polar surface area (TPSA) is 113 Å². The number of thioether (sulfide) groups is 1. The van der Waals surface area contributed by atoms with Crippen LogP contribution in [0.25, 0.3) is 0 Å². The van der Waals surface area contributed by atoms with E-state index in [4.69, 9.17) is 9.84 Å². The van der Waals surface area contributed by atoms with E-state index in [1.807, 2.05) is 0 Å². The number of anilines is 1. The van der Waals surface area contributed by atoms with Crippen LogP contribution in [0, 0.1) is 0 Å². The third kappa shape index (κ3) is 4.62. The minimum Gasteiger partial charge on any atom is -0.497 e. The minimum absolute atomic E-state index is 0.0168. The Kier molecular flexibility index (Phi) is 5.75. The fourth-order valence-corrected chi connectivity index (χ4v) is 7.09. The van der Waals surface area contributed by atoms with Gasteiger partial charge in [-0.2, -0.15) is 4.99 Å². The molecule has 146 valence electrons. The zero-order chi connectivity index (χ0) is 19.6. The van der Waals surface area contributed by atoms with E-state index in [9.17, 15) is 18.0 Å². The number of sulfone groups is 1. The molecule has 0 aliphatic carbocycles. The van der Waals surface area contributed by atoms with Gasteiger partial charge in [-0.3, -0.25) is 9.59 Å². The number of aliphatic carboxylic acids is 1. The largest absolute Gasteiger partial charge is 0.497 e. The van der Waals surface area contributed by atoms with Gasteiger partial charge in [0.25, 0.3) is 0 Å². The number of hydrogen-bond donors (Lipinski definition) is 1. The summed E-state index contributed by atoms with van der Waals surface area (Å²) in [6, 6.07) is 6.86. The van der Waals surface area contributed by atoms with Crippen molar-refractivity contribution in [3.8, 4) is 5.75 Å². The Balaban J connectivity index is 1.84. The number of carbonyl (C=O) groups is 2. The molecule has 2 aliphatic rings. The Morgan fingerprint density at radius 2 is 1.96 bits per heavy atom. The third-order valence-corrected chi connectivity index (χ3v) is 7.63. The molecular weight excluding hydrogens is 392 g/mol. The van der Waals surface area contributed by atoms with Crippen molar-refractivity contribution < 1.29 is 27.9 Å². The minimum atomic E-state index is -3.13. The summed E-state index contributed by atoms with van der Waals surface area (Å²) >= 11 is 1.29. The van der Waals surface area contributed by atoms with Crippen LogP contribution in [0.15, 0.2) is 29.3 Å². The van der Waals surface area contributed by atoms with E-state index >= 15 is 0 Å². The lowest BCUT2D eigenvalue weighted by Crippen LogP contribution is -2.37. The Bertz CT molecular complexity index is 866. The summed E-state index contributed by atoms with van der Waals surface area (Å²) in [5.41, 5.74) is 0.741. The maximum Gasteiger partial charge on any atom is 0.303 e. The Labute approximate surface area is 161 Å². The van der Waals surface area contributed by atoms with Crippen molar-refractivity contribution in [3.05, 3.63) is 24.3 Å². The molecule has 2 atom stereocenters. The van der Waals surface area contributed by atoms with Crippen molar-refractivity contribution in [2.24, 2.45) is 4.99 Å². The molecule has 2 aliphatic heterocycles. The van der Waals surface area contributed by atoms with E-state index in [0.717, 1.165) is 5.69 Å². The summed E-state index contributed by atoms with van der Waals surface area (Å²) in [5.74, 6) is -0.612. The molecule has 10 heteroatoms. The number of carboxylic acid groups (broad SMARTS) is 1. The number of aliphatic imine (C=N–C) groups is 1. The van der Waals surface area contributed by atoms with E-state index in [0.29, 0.717) is 10.9 Å². The number of amides is 1. The quantitative estimate of drug-likeness (QED) is 0.749. The number of methoxy groups -OCH3 is 1. The van der Waals surface area contributed by atoms with Crippen LogP contribution in [-0.4, -0.2) is 60.5 Å². The molecule has 27 heavy (non-hydrogen) atoms. The standard InChI is InChI=1S/C17H20N2O6S2/c1-25-12-7-5-11(6-8-12)19-13-9-27(23,24)10-14(13)26-17(19)18-15(20)3-2-4-16(21)22/h5-8,13-14H,2-4,9-10H2,1H3,(H,21,22)/t13-,14+/m0/s1. The van der Waals surface area contributed by atoms with Crippen LogP contribution >= 0.6 is 11.8 Å². The van der Waals surface area contributed by atoms with Crippen molar-refractivity contribution >= 4 is 44.3 Å². The third-order valence-electron chi connectivity index (χ3n) is 4.42. The second-order valence-electron chi connectivity index (χ2n) is 6.40. The average molecular weight is 412 g/mol. The van der Waals surface area contributed by atoms with Crippen LogP contribution in [0.5, 0.6) is 5.75 Å². The summed E-state index contributed by atoms with van der Waals surface area (Å²) in [6.07, 6.45) is 0.176. The van der Waals surface area contributed by atoms with Crippen LogP contribution in [0.4, 0.5) is 5.69 Å². The van der Waals surface area contributed by atoms with E-state index in [1.165, 1.54) is 11.8 Å². The van der Waals surface area contributed by atoms with Crippen LogP contribution in [0.2, 0.25) is 0 Å². The molecule has 2 heterocycles. The number of rotatable bonds is 6. The van der Waals surface area contributed by atoms with Crippen molar-refractivity contribution in [2.45, 2.75) is 30.6 Å². The summed E-state index contributed by atoms with van der Waals surface area (Å²) in [5, 5.41) is 8.96. The molecule has 1 amide bonds. The molecule has 2 fully saturated rings. The first-order valence-electron chi connectivity index (χ1n) is 8.43. The molecule has 1 aromatic carbocycles. The summed E-state index contributed by atoms with van der Waals surface area (Å²) < 4.78 is 29.2. The fourth-order valence-electron chi connectivity index (χ4n) is 3.16. The molecule has 1 aromatic rings. The van der Waals surface area contributed by atoms with Gasteiger partial charge in [0, 0.05) is 23.8 Å². The van der Waals surface area contributed by atoms with Crippen LogP contribution < -0.4 is 9.64 Å². The number of amidine groups is 1. The van der Waals surface area contributed by atoms with Crippen molar-refractivity contribution in [1.82, 2.24) is 0 Å². The highest BCUT2D eigenvalue weighted by Gasteiger charge is 2.49. The number of ether oxygens (including phenoxy) is 1. The molecule has 0 spiro atoms. The summed E-state index contributed by atoms with van der Waals surface area (Å²) in [6.45, 7) is 0. The molecule has 0 saturated carbocycles. The van der Waals surface area contributed by atoms with Crippen molar-refractivity contribution in [1.29, 1.82) is 0 Å². The lowest BCUT2D eigenvalue weighted by molar-refractivity contribution is -0.137. The van der Waals surface area contributed by atoms with Crippen LogP contribution in [-0.2, 0) is 19.4 Å². The molecule has 2 saturated heterocycles. The van der Waals surface area contributed by atoms with Crippen LogP contribution in [0.1, 0.15) is 19.3 Å². The number of benzene rings is 1. The first kappa shape index (κ1) is 19.7. The summed E-state index contributed by atoms with van der Waals surface area (Å²) in [4.78, 5) is 28.7. The molecule has 0 radical (unpaired) electrons. The monoisotopic (exact) mass is 412 g/mol. The van der Waals surface area contributed by atoms with E-state index < -0.39 is 21.7 Å². The highest BCUT2D eigenvalue weighted by molar-refractivity contribution is 8.16. The second-order valence-corrected chi connectivity index (χ2v) is 9.76. The van der Waals surface area contributed by atoms with Gasteiger partial charge in [0.1, 0.15) is 5.75 Å². The first-order chi connectivity index (χ1) is 12.8. The zero-order valence-corrected chi connectivity index (χ0v) is 16.3. The molecular formula is C17H20N2O6S2. The number of nitrogens with zero attached hydrogens (tertiary/aromatic N) is 2. The Hall–Kier alpha value is -2.07. The van der Waals surface area contributed by atoms with E-state index in [-0.39, 0.29) is 42.1 Å². The van der Waals surface area contributed by atoms with E-state index in [1.54, 1.807) is 36.3 Å². The van der Waals surface area contributed by atoms with E-state index in [2.05, 4.69) is 4.99 Å². The molecule has 0 aromatic heterocycles. The molecule has 0 bridgehead atoms. The lowest BCUT2D eigenvalue weighted by atomic mass is 10.2. The van der Waals surface area contributed by atoms with Gasteiger partial charge in [-0.05, 0) is 30.7 Å². The lowest BCUT2D eigenvalue weighted by Gasteiger charge is -2.24.